The van der Waals surface area contributed by atoms with Crippen LogP contribution in [0.2, 0.25) is 15.1 Å². The SMILES string of the molecule is O=C(CSc1nnc(CNC(=O)c2ccc(Cl)cc2Cl)n1-c1ccc(Br)cc1)Nc1cc(C(F)(F)F)ccc1Cl. The number of carbonyl (C=O) groups excluding carboxylic acids is 2. The van der Waals surface area contributed by atoms with Crippen LogP contribution in [-0.2, 0) is 17.5 Å². The van der Waals surface area contributed by atoms with Gasteiger partial charge in [-0.05, 0) is 60.7 Å². The smallest absolute Gasteiger partial charge is 0.345 e. The number of rotatable bonds is 8. The van der Waals surface area contributed by atoms with Gasteiger partial charge in [-0.1, -0.05) is 62.5 Å². The highest BCUT2D eigenvalue weighted by molar-refractivity contribution is 9.10. The number of carbonyl (C=O) groups is 2. The first kappa shape index (κ1) is 30.2. The Morgan fingerprint density at radius 1 is 0.950 bits per heavy atom. The molecule has 0 spiro atoms. The summed E-state index contributed by atoms with van der Waals surface area (Å²) in [6, 6.07) is 14.3. The van der Waals surface area contributed by atoms with Gasteiger partial charge in [0.25, 0.3) is 5.91 Å². The maximum Gasteiger partial charge on any atom is 0.416 e. The van der Waals surface area contributed by atoms with Crippen molar-refractivity contribution < 1.29 is 22.8 Å². The predicted molar refractivity (Wildman–Crippen MR) is 152 cm³/mol. The van der Waals surface area contributed by atoms with Crippen molar-refractivity contribution in [2.24, 2.45) is 0 Å². The molecule has 0 unspecified atom stereocenters. The second-order valence-electron chi connectivity index (χ2n) is 8.05. The van der Waals surface area contributed by atoms with E-state index in [-0.39, 0.29) is 33.6 Å². The Morgan fingerprint density at radius 3 is 2.35 bits per heavy atom. The monoisotopic (exact) mass is 691 g/mol. The molecule has 7 nitrogen and oxygen atoms in total. The molecule has 0 aliphatic rings. The van der Waals surface area contributed by atoms with Crippen LogP contribution < -0.4 is 10.6 Å². The van der Waals surface area contributed by atoms with Gasteiger partial charge in [-0.25, -0.2) is 0 Å². The van der Waals surface area contributed by atoms with E-state index in [1.165, 1.54) is 12.1 Å². The summed E-state index contributed by atoms with van der Waals surface area (Å²) in [5, 5.41) is 14.3. The standard InChI is InChI=1S/C25H16BrCl3F3N5O2S/c26-14-2-5-16(6-3-14)37-21(11-33-23(39)17-7-4-15(27)10-19(17)29)35-36-24(37)40-12-22(38)34-20-9-13(25(30,31)32)1-8-18(20)28/h1-10H,11-12H2,(H,33,39)(H,34,38). The van der Waals surface area contributed by atoms with Gasteiger partial charge in [0.15, 0.2) is 11.0 Å². The van der Waals surface area contributed by atoms with Crippen molar-refractivity contribution in [1.82, 2.24) is 20.1 Å². The number of amides is 2. The minimum atomic E-state index is -4.59. The molecule has 1 aromatic heterocycles. The molecule has 0 fully saturated rings. The van der Waals surface area contributed by atoms with Crippen molar-refractivity contribution in [2.45, 2.75) is 17.9 Å². The summed E-state index contributed by atoms with van der Waals surface area (Å²) in [5.74, 6) is -0.930. The Bertz CT molecular complexity index is 1570. The van der Waals surface area contributed by atoms with Gasteiger partial charge in [0, 0.05) is 15.2 Å². The van der Waals surface area contributed by atoms with Gasteiger partial charge in [-0.15, -0.1) is 10.2 Å². The second-order valence-corrected chi connectivity index (χ2v) is 11.2. The first-order valence-electron chi connectivity index (χ1n) is 11.2. The molecule has 4 aromatic rings. The maximum atomic E-state index is 13.1. The Balaban J connectivity index is 1.51. The molecule has 0 aliphatic carbocycles. The van der Waals surface area contributed by atoms with Gasteiger partial charge < -0.3 is 10.6 Å². The summed E-state index contributed by atoms with van der Waals surface area (Å²) in [7, 11) is 0. The minimum Gasteiger partial charge on any atom is -0.345 e. The Kier molecular flexibility index (Phi) is 9.68. The second kappa shape index (κ2) is 12.8. The summed E-state index contributed by atoms with van der Waals surface area (Å²) in [5.41, 5.74) is -0.242. The molecule has 15 heteroatoms. The zero-order valence-corrected chi connectivity index (χ0v) is 24.6. The topological polar surface area (TPSA) is 88.9 Å². The number of halogens is 7. The number of alkyl halides is 3. The summed E-state index contributed by atoms with van der Waals surface area (Å²) < 4.78 is 41.7. The molecule has 4 rings (SSSR count). The first-order chi connectivity index (χ1) is 18.9. The lowest BCUT2D eigenvalue weighted by atomic mass is 10.2. The lowest BCUT2D eigenvalue weighted by Crippen LogP contribution is -2.25. The fraction of sp³-hybridized carbons (Fsp3) is 0.120. The Morgan fingerprint density at radius 2 is 1.68 bits per heavy atom. The summed E-state index contributed by atoms with van der Waals surface area (Å²) >= 11 is 22.4. The summed E-state index contributed by atoms with van der Waals surface area (Å²) in [4.78, 5) is 25.3. The molecule has 0 radical (unpaired) electrons. The third-order valence-electron chi connectivity index (χ3n) is 5.27. The van der Waals surface area contributed by atoms with Crippen molar-refractivity contribution in [3.63, 3.8) is 0 Å². The van der Waals surface area contributed by atoms with E-state index in [0.29, 0.717) is 21.7 Å². The highest BCUT2D eigenvalue weighted by atomic mass is 79.9. The Labute approximate surface area is 253 Å². The number of benzene rings is 3. The number of nitrogens with one attached hydrogen (secondary N) is 2. The van der Waals surface area contributed by atoms with Gasteiger partial charge in [-0.2, -0.15) is 13.2 Å². The van der Waals surface area contributed by atoms with Crippen molar-refractivity contribution in [3.05, 3.63) is 97.2 Å². The summed E-state index contributed by atoms with van der Waals surface area (Å²) in [6.45, 7) is -0.0343. The van der Waals surface area contributed by atoms with E-state index >= 15 is 0 Å². The van der Waals surface area contributed by atoms with Crippen molar-refractivity contribution >= 4 is 80.0 Å². The molecular weight excluding hydrogens is 678 g/mol. The number of nitrogens with zero attached hydrogens (tertiary/aromatic N) is 3. The minimum absolute atomic E-state index is 0.0343. The molecule has 1 heterocycles. The molecule has 0 atom stereocenters. The molecule has 0 saturated heterocycles. The van der Waals surface area contributed by atoms with E-state index in [4.69, 9.17) is 34.8 Å². The zero-order chi connectivity index (χ0) is 29.0. The van der Waals surface area contributed by atoms with E-state index in [1.807, 2.05) is 0 Å². The number of anilines is 1. The number of aromatic nitrogens is 3. The quantitative estimate of drug-likeness (QED) is 0.185. The van der Waals surface area contributed by atoms with Crippen LogP contribution in [0.25, 0.3) is 5.69 Å². The fourth-order valence-corrected chi connectivity index (χ4v) is 5.09. The molecule has 0 aliphatic heterocycles. The van der Waals surface area contributed by atoms with Crippen LogP contribution in [0.1, 0.15) is 21.7 Å². The van der Waals surface area contributed by atoms with Crippen molar-refractivity contribution in [3.8, 4) is 5.69 Å². The Hall–Kier alpha value is -2.77. The number of hydrogen-bond acceptors (Lipinski definition) is 5. The molecular formula is C25H16BrCl3F3N5O2S. The van der Waals surface area contributed by atoms with Gasteiger partial charge in [0.2, 0.25) is 5.91 Å². The van der Waals surface area contributed by atoms with Crippen LogP contribution in [0.5, 0.6) is 0 Å². The first-order valence-corrected chi connectivity index (χ1v) is 14.1. The van der Waals surface area contributed by atoms with Gasteiger partial charge in [-0.3, -0.25) is 14.2 Å². The van der Waals surface area contributed by atoms with Gasteiger partial charge in [0.05, 0.1) is 39.2 Å². The molecule has 3 aromatic carbocycles. The molecule has 0 saturated carbocycles. The molecule has 208 valence electrons. The highest BCUT2D eigenvalue weighted by Gasteiger charge is 2.31. The van der Waals surface area contributed by atoms with E-state index in [9.17, 15) is 22.8 Å². The average molecular weight is 694 g/mol. The normalized spacial score (nSPS) is 11.4. The number of thioether (sulfide) groups is 1. The third-order valence-corrected chi connectivity index (χ3v) is 7.60. The largest absolute Gasteiger partial charge is 0.416 e. The van der Waals surface area contributed by atoms with Crippen LogP contribution >= 0.6 is 62.5 Å². The molecule has 40 heavy (non-hydrogen) atoms. The molecule has 2 amide bonds. The zero-order valence-electron chi connectivity index (χ0n) is 19.9. The summed E-state index contributed by atoms with van der Waals surface area (Å²) in [6.07, 6.45) is -4.59. The lowest BCUT2D eigenvalue weighted by Gasteiger charge is -2.13. The van der Waals surface area contributed by atoms with Gasteiger partial charge >= 0.3 is 6.18 Å². The predicted octanol–water partition coefficient (Wildman–Crippen LogP) is 7.67. The third kappa shape index (κ3) is 7.49. The highest BCUT2D eigenvalue weighted by Crippen LogP contribution is 2.34. The fourth-order valence-electron chi connectivity index (χ4n) is 3.40. The maximum absolute atomic E-state index is 13.1. The van der Waals surface area contributed by atoms with Crippen molar-refractivity contribution in [1.29, 1.82) is 0 Å². The van der Waals surface area contributed by atoms with Crippen LogP contribution in [0.15, 0.2) is 70.3 Å². The van der Waals surface area contributed by atoms with Crippen LogP contribution in [0, 0.1) is 0 Å². The van der Waals surface area contributed by atoms with E-state index in [2.05, 4.69) is 36.8 Å². The molecule has 0 bridgehead atoms. The average Bonchev–Trinajstić information content (AvgIpc) is 3.30. The van der Waals surface area contributed by atoms with Crippen LogP contribution in [0.4, 0.5) is 18.9 Å². The van der Waals surface area contributed by atoms with Crippen molar-refractivity contribution in [2.75, 3.05) is 11.1 Å². The van der Waals surface area contributed by atoms with Crippen LogP contribution in [0.3, 0.4) is 0 Å². The molecule has 2 N–H and O–H groups in total. The number of hydrogen-bond donors (Lipinski definition) is 2. The van der Waals surface area contributed by atoms with Gasteiger partial charge in [0.1, 0.15) is 0 Å². The lowest BCUT2D eigenvalue weighted by molar-refractivity contribution is -0.137. The van der Waals surface area contributed by atoms with E-state index in [0.717, 1.165) is 34.4 Å². The van der Waals surface area contributed by atoms with E-state index < -0.39 is 23.6 Å². The van der Waals surface area contributed by atoms with E-state index in [1.54, 1.807) is 34.9 Å². The van der Waals surface area contributed by atoms with Crippen LogP contribution in [-0.4, -0.2) is 32.3 Å².